The molecule has 1 aliphatic rings. The highest BCUT2D eigenvalue weighted by atomic mass is 79.9. The summed E-state index contributed by atoms with van der Waals surface area (Å²) in [6, 6.07) is 7.79. The summed E-state index contributed by atoms with van der Waals surface area (Å²) in [6.07, 6.45) is 9.35. The van der Waals surface area contributed by atoms with Crippen LogP contribution < -0.4 is 5.73 Å². The van der Waals surface area contributed by atoms with Crippen LogP contribution in [-0.4, -0.2) is 6.29 Å². The summed E-state index contributed by atoms with van der Waals surface area (Å²) in [5.41, 5.74) is 6.39. The minimum atomic E-state index is -0.832. The van der Waals surface area contributed by atoms with Crippen LogP contribution in [-0.2, 0) is 10.3 Å². The molecule has 2 N–H and O–H groups in total. The number of halogens is 1. The quantitative estimate of drug-likeness (QED) is 0.826. The van der Waals surface area contributed by atoms with Crippen LogP contribution in [0.15, 0.2) is 28.7 Å². The molecule has 0 bridgehead atoms. The van der Waals surface area contributed by atoms with Crippen molar-refractivity contribution < 1.29 is 4.79 Å². The van der Waals surface area contributed by atoms with Crippen molar-refractivity contribution in [3.63, 3.8) is 0 Å². The van der Waals surface area contributed by atoms with Crippen molar-refractivity contribution in [2.75, 3.05) is 0 Å². The third-order valence-electron chi connectivity index (χ3n) is 4.26. The summed E-state index contributed by atoms with van der Waals surface area (Å²) >= 11 is 3.44. The van der Waals surface area contributed by atoms with E-state index in [-0.39, 0.29) is 0 Å². The highest BCUT2D eigenvalue weighted by molar-refractivity contribution is 9.10. The molecule has 0 aromatic heterocycles. The summed E-state index contributed by atoms with van der Waals surface area (Å²) < 4.78 is 0.972. The molecule has 1 atom stereocenters. The fourth-order valence-electron chi connectivity index (χ4n) is 2.97. The zero-order valence-electron chi connectivity index (χ0n) is 11.3. The van der Waals surface area contributed by atoms with Crippen molar-refractivity contribution in [1.82, 2.24) is 0 Å². The molecule has 2 nitrogen and oxygen atoms in total. The van der Waals surface area contributed by atoms with Gasteiger partial charge < -0.3 is 10.5 Å². The van der Waals surface area contributed by atoms with Gasteiger partial charge in [0.2, 0.25) is 0 Å². The van der Waals surface area contributed by atoms with Crippen LogP contribution in [0, 0.1) is 5.92 Å². The number of rotatable bonds is 5. The Kier molecular flexibility index (Phi) is 5.17. The van der Waals surface area contributed by atoms with E-state index in [1.807, 2.05) is 24.3 Å². The van der Waals surface area contributed by atoms with Gasteiger partial charge in [-0.2, -0.15) is 0 Å². The molecule has 1 aliphatic carbocycles. The summed E-state index contributed by atoms with van der Waals surface area (Å²) in [5.74, 6) is 0.753. The van der Waals surface area contributed by atoms with Gasteiger partial charge in [0.1, 0.15) is 6.29 Å². The van der Waals surface area contributed by atoms with Crippen molar-refractivity contribution in [3.8, 4) is 0 Å². The van der Waals surface area contributed by atoms with Gasteiger partial charge in [-0.05, 0) is 36.5 Å². The molecule has 0 spiro atoms. The van der Waals surface area contributed by atoms with Gasteiger partial charge in [0.25, 0.3) is 0 Å². The number of nitrogens with two attached hydrogens (primary N) is 1. The van der Waals surface area contributed by atoms with E-state index in [0.29, 0.717) is 0 Å². The van der Waals surface area contributed by atoms with Gasteiger partial charge in [0.05, 0.1) is 5.54 Å². The second kappa shape index (κ2) is 6.67. The first-order chi connectivity index (χ1) is 9.14. The van der Waals surface area contributed by atoms with Crippen LogP contribution in [0.4, 0.5) is 0 Å². The molecule has 1 unspecified atom stereocenters. The minimum Gasteiger partial charge on any atom is -0.316 e. The Morgan fingerprint density at radius 1 is 1.32 bits per heavy atom. The van der Waals surface area contributed by atoms with Gasteiger partial charge in [-0.1, -0.05) is 60.2 Å². The molecule has 3 heteroatoms. The zero-order chi connectivity index (χ0) is 13.7. The van der Waals surface area contributed by atoms with Crippen LogP contribution in [0.2, 0.25) is 0 Å². The molecule has 1 fully saturated rings. The predicted octanol–water partition coefficient (Wildman–Crippen LogP) is 4.16. The maximum Gasteiger partial charge on any atom is 0.144 e. The van der Waals surface area contributed by atoms with E-state index in [9.17, 15) is 4.79 Å². The first-order valence-electron chi connectivity index (χ1n) is 7.15. The lowest BCUT2D eigenvalue weighted by Crippen LogP contribution is -2.39. The van der Waals surface area contributed by atoms with E-state index >= 15 is 0 Å². The molecule has 0 saturated heterocycles. The van der Waals surface area contributed by atoms with Gasteiger partial charge in [-0.3, -0.25) is 0 Å². The Labute approximate surface area is 123 Å². The number of aldehydes is 1. The average molecular weight is 324 g/mol. The first kappa shape index (κ1) is 14.7. The summed E-state index contributed by atoms with van der Waals surface area (Å²) in [5, 5.41) is 0. The molecular formula is C16H22BrNO. The van der Waals surface area contributed by atoms with Crippen molar-refractivity contribution >= 4 is 22.2 Å². The highest BCUT2D eigenvalue weighted by Gasteiger charge is 2.28. The fourth-order valence-corrected chi connectivity index (χ4v) is 3.37. The Bertz CT molecular complexity index is 429. The molecule has 19 heavy (non-hydrogen) atoms. The van der Waals surface area contributed by atoms with Gasteiger partial charge in [0.15, 0.2) is 0 Å². The molecule has 0 heterocycles. The van der Waals surface area contributed by atoms with Crippen molar-refractivity contribution in [2.24, 2.45) is 11.7 Å². The van der Waals surface area contributed by atoms with E-state index in [0.717, 1.165) is 35.1 Å². The smallest absolute Gasteiger partial charge is 0.144 e. The molecule has 0 aliphatic heterocycles. The maximum atomic E-state index is 11.5. The second-order valence-electron chi connectivity index (χ2n) is 5.71. The Morgan fingerprint density at radius 2 is 2.05 bits per heavy atom. The summed E-state index contributed by atoms with van der Waals surface area (Å²) in [4.78, 5) is 11.5. The lowest BCUT2D eigenvalue weighted by atomic mass is 9.80. The SMILES string of the molecule is NC(C=O)(CCC1CCCCC1)c1cccc(Br)c1. The third-order valence-corrected chi connectivity index (χ3v) is 4.76. The lowest BCUT2D eigenvalue weighted by Gasteiger charge is -2.28. The Morgan fingerprint density at radius 3 is 2.68 bits per heavy atom. The molecule has 2 rings (SSSR count). The fraction of sp³-hybridized carbons (Fsp3) is 0.562. The summed E-state index contributed by atoms with van der Waals surface area (Å²) in [7, 11) is 0. The first-order valence-corrected chi connectivity index (χ1v) is 7.94. The topological polar surface area (TPSA) is 43.1 Å². The predicted molar refractivity (Wildman–Crippen MR) is 81.9 cm³/mol. The Hall–Kier alpha value is -0.670. The van der Waals surface area contributed by atoms with Crippen molar-refractivity contribution in [2.45, 2.75) is 50.5 Å². The summed E-state index contributed by atoms with van der Waals surface area (Å²) in [6.45, 7) is 0. The van der Waals surface area contributed by atoms with Crippen LogP contribution in [0.5, 0.6) is 0 Å². The van der Waals surface area contributed by atoms with Crippen LogP contribution in [0.1, 0.15) is 50.5 Å². The third kappa shape index (κ3) is 3.90. The van der Waals surface area contributed by atoms with Gasteiger partial charge in [0, 0.05) is 4.47 Å². The Balaban J connectivity index is 2.03. The maximum absolute atomic E-state index is 11.5. The lowest BCUT2D eigenvalue weighted by molar-refractivity contribution is -0.112. The van der Waals surface area contributed by atoms with Gasteiger partial charge in [-0.25, -0.2) is 0 Å². The molecule has 1 aromatic carbocycles. The molecule has 104 valence electrons. The molecule has 0 radical (unpaired) electrons. The number of hydrogen-bond donors (Lipinski definition) is 1. The standard InChI is InChI=1S/C16H22BrNO/c17-15-8-4-7-14(11-15)16(18,12-19)10-9-13-5-2-1-3-6-13/h4,7-8,11-13H,1-3,5-6,9-10,18H2. The number of carbonyl (C=O) groups is 1. The number of benzene rings is 1. The van der Waals surface area contributed by atoms with Crippen LogP contribution in [0.25, 0.3) is 0 Å². The van der Waals surface area contributed by atoms with Gasteiger partial charge in [-0.15, -0.1) is 0 Å². The number of carbonyl (C=O) groups excluding carboxylic acids is 1. The average Bonchev–Trinajstić information content (AvgIpc) is 2.46. The largest absolute Gasteiger partial charge is 0.316 e. The zero-order valence-corrected chi connectivity index (χ0v) is 12.9. The van der Waals surface area contributed by atoms with Crippen LogP contribution in [0.3, 0.4) is 0 Å². The monoisotopic (exact) mass is 323 g/mol. The van der Waals surface area contributed by atoms with Gasteiger partial charge >= 0.3 is 0 Å². The van der Waals surface area contributed by atoms with Crippen molar-refractivity contribution in [3.05, 3.63) is 34.3 Å². The van der Waals surface area contributed by atoms with E-state index in [1.165, 1.54) is 32.1 Å². The highest BCUT2D eigenvalue weighted by Crippen LogP contribution is 2.32. The van der Waals surface area contributed by atoms with Crippen LogP contribution >= 0.6 is 15.9 Å². The second-order valence-corrected chi connectivity index (χ2v) is 6.63. The molecule has 1 aromatic rings. The van der Waals surface area contributed by atoms with E-state index in [2.05, 4.69) is 15.9 Å². The number of hydrogen-bond acceptors (Lipinski definition) is 2. The minimum absolute atomic E-state index is 0.748. The van der Waals surface area contributed by atoms with Crippen molar-refractivity contribution in [1.29, 1.82) is 0 Å². The van der Waals surface area contributed by atoms with E-state index < -0.39 is 5.54 Å². The molecular weight excluding hydrogens is 302 g/mol. The molecule has 0 amide bonds. The molecule has 1 saturated carbocycles. The normalized spacial score (nSPS) is 19.9. The van der Waals surface area contributed by atoms with E-state index in [4.69, 9.17) is 5.73 Å². The van der Waals surface area contributed by atoms with E-state index in [1.54, 1.807) is 0 Å².